The van der Waals surface area contributed by atoms with Gasteiger partial charge in [-0.2, -0.15) is 0 Å². The molecule has 3 nitrogen and oxygen atoms in total. The van der Waals surface area contributed by atoms with Gasteiger partial charge in [-0.15, -0.1) is 0 Å². The predicted molar refractivity (Wildman–Crippen MR) is 73.9 cm³/mol. The van der Waals surface area contributed by atoms with Gasteiger partial charge >= 0.3 is 0 Å². The molecule has 1 aromatic carbocycles. The maximum Gasteiger partial charge on any atom is 0.0553 e. The Morgan fingerprint density at radius 1 is 0.889 bits per heavy atom. The quantitative estimate of drug-likeness (QED) is 0.799. The molecule has 0 spiro atoms. The molecule has 1 aromatic heterocycles. The van der Waals surface area contributed by atoms with E-state index < -0.39 is 0 Å². The second-order valence-corrected chi connectivity index (χ2v) is 4.44. The first-order valence-electron chi connectivity index (χ1n) is 6.29. The third-order valence-electron chi connectivity index (χ3n) is 3.36. The smallest absolute Gasteiger partial charge is 0.0553 e. The van der Waals surface area contributed by atoms with Gasteiger partial charge in [-0.3, -0.25) is 4.98 Å². The molecule has 3 rings (SSSR count). The lowest BCUT2D eigenvalue weighted by Gasteiger charge is -2.37. The lowest BCUT2D eigenvalue weighted by molar-refractivity contribution is 0.653. The van der Waals surface area contributed by atoms with E-state index in [2.05, 4.69) is 39.0 Å². The fourth-order valence-electron chi connectivity index (χ4n) is 2.35. The van der Waals surface area contributed by atoms with E-state index in [1.165, 1.54) is 11.4 Å². The molecule has 0 saturated carbocycles. The van der Waals surface area contributed by atoms with Gasteiger partial charge in [0.25, 0.3) is 0 Å². The van der Waals surface area contributed by atoms with Crippen LogP contribution in [0.3, 0.4) is 0 Å². The molecule has 0 unspecified atom stereocenters. The van der Waals surface area contributed by atoms with Crippen molar-refractivity contribution >= 4 is 11.4 Å². The van der Waals surface area contributed by atoms with Crippen LogP contribution in [0.1, 0.15) is 0 Å². The summed E-state index contributed by atoms with van der Waals surface area (Å²) in [7, 11) is 0. The van der Waals surface area contributed by atoms with Gasteiger partial charge in [0.05, 0.1) is 11.9 Å². The molecular weight excluding hydrogens is 222 g/mol. The van der Waals surface area contributed by atoms with Crippen LogP contribution in [0.2, 0.25) is 0 Å². The normalized spacial score (nSPS) is 15.8. The van der Waals surface area contributed by atoms with Crippen LogP contribution in [0.15, 0.2) is 48.8 Å². The SMILES string of the molecule is [c]1ccc(N2CCN(c3cccnc3)CC2)cc1. The number of benzene rings is 1. The molecule has 91 valence electrons. The molecule has 1 radical (unpaired) electrons. The lowest BCUT2D eigenvalue weighted by Crippen LogP contribution is -2.46. The highest BCUT2D eigenvalue weighted by molar-refractivity contribution is 5.50. The number of piperazine rings is 1. The highest BCUT2D eigenvalue weighted by Gasteiger charge is 2.17. The summed E-state index contributed by atoms with van der Waals surface area (Å²) in [5.41, 5.74) is 2.51. The molecule has 0 aliphatic carbocycles. The van der Waals surface area contributed by atoms with E-state index in [9.17, 15) is 0 Å². The predicted octanol–water partition coefficient (Wildman–Crippen LogP) is 2.21. The van der Waals surface area contributed by atoms with E-state index in [0.29, 0.717) is 0 Å². The van der Waals surface area contributed by atoms with Crippen molar-refractivity contribution in [1.29, 1.82) is 0 Å². The molecule has 0 bridgehead atoms. The maximum absolute atomic E-state index is 4.18. The molecule has 0 amide bonds. The Kier molecular flexibility index (Phi) is 3.13. The Morgan fingerprint density at radius 3 is 2.17 bits per heavy atom. The Morgan fingerprint density at radius 2 is 1.56 bits per heavy atom. The second-order valence-electron chi connectivity index (χ2n) is 4.44. The molecule has 1 aliphatic heterocycles. The maximum atomic E-state index is 4.18. The van der Waals surface area contributed by atoms with Crippen molar-refractivity contribution in [2.75, 3.05) is 36.0 Å². The van der Waals surface area contributed by atoms with Gasteiger partial charge < -0.3 is 9.80 Å². The van der Waals surface area contributed by atoms with Gasteiger partial charge in [-0.1, -0.05) is 12.1 Å². The summed E-state index contributed by atoms with van der Waals surface area (Å²) >= 11 is 0. The molecule has 2 heterocycles. The van der Waals surface area contributed by atoms with E-state index in [4.69, 9.17) is 0 Å². The Labute approximate surface area is 108 Å². The molecule has 0 N–H and O–H groups in total. The topological polar surface area (TPSA) is 19.4 Å². The number of hydrogen-bond donors (Lipinski definition) is 0. The van der Waals surface area contributed by atoms with E-state index in [1.54, 1.807) is 0 Å². The van der Waals surface area contributed by atoms with Crippen LogP contribution < -0.4 is 9.80 Å². The van der Waals surface area contributed by atoms with Gasteiger partial charge in [0.2, 0.25) is 0 Å². The van der Waals surface area contributed by atoms with Crippen LogP contribution >= 0.6 is 0 Å². The number of hydrogen-bond acceptors (Lipinski definition) is 3. The van der Waals surface area contributed by atoms with Crippen LogP contribution in [-0.4, -0.2) is 31.2 Å². The summed E-state index contributed by atoms with van der Waals surface area (Å²) in [4.78, 5) is 8.98. The van der Waals surface area contributed by atoms with Crippen molar-refractivity contribution in [2.24, 2.45) is 0 Å². The summed E-state index contributed by atoms with van der Waals surface area (Å²) in [5, 5.41) is 0. The zero-order valence-corrected chi connectivity index (χ0v) is 10.3. The van der Waals surface area contributed by atoms with E-state index in [-0.39, 0.29) is 0 Å². The summed E-state index contributed by atoms with van der Waals surface area (Å²) in [5.74, 6) is 0. The molecule has 1 fully saturated rings. The van der Waals surface area contributed by atoms with Gasteiger partial charge in [0.15, 0.2) is 0 Å². The fraction of sp³-hybridized carbons (Fsp3) is 0.267. The number of pyridine rings is 1. The summed E-state index contributed by atoms with van der Waals surface area (Å²) < 4.78 is 0. The standard InChI is InChI=1S/C15H16N3/c1-2-5-14(6-3-1)17-9-11-18(12-10-17)15-7-4-8-16-13-15/h2-8,13H,9-12H2. The largest absolute Gasteiger partial charge is 0.368 e. The number of aromatic nitrogens is 1. The molecule has 18 heavy (non-hydrogen) atoms. The minimum absolute atomic E-state index is 1.05. The Balaban J connectivity index is 1.65. The van der Waals surface area contributed by atoms with Crippen LogP contribution in [0, 0.1) is 6.07 Å². The van der Waals surface area contributed by atoms with Gasteiger partial charge in [0.1, 0.15) is 0 Å². The van der Waals surface area contributed by atoms with Crippen molar-refractivity contribution in [3.63, 3.8) is 0 Å². The van der Waals surface area contributed by atoms with Crippen molar-refractivity contribution < 1.29 is 0 Å². The van der Waals surface area contributed by atoms with Crippen LogP contribution in [-0.2, 0) is 0 Å². The highest BCUT2D eigenvalue weighted by atomic mass is 15.3. The van der Waals surface area contributed by atoms with Gasteiger partial charge in [0, 0.05) is 38.1 Å². The van der Waals surface area contributed by atoms with Crippen LogP contribution in [0.5, 0.6) is 0 Å². The fourth-order valence-corrected chi connectivity index (χ4v) is 2.35. The average Bonchev–Trinajstić information content (AvgIpc) is 2.49. The minimum Gasteiger partial charge on any atom is -0.368 e. The van der Waals surface area contributed by atoms with Crippen LogP contribution in [0.4, 0.5) is 11.4 Å². The molecule has 1 aliphatic rings. The van der Waals surface area contributed by atoms with Crippen molar-refractivity contribution in [3.8, 4) is 0 Å². The number of anilines is 2. The first-order valence-corrected chi connectivity index (χ1v) is 6.29. The van der Waals surface area contributed by atoms with E-state index in [1.807, 2.05) is 30.6 Å². The summed E-state index contributed by atoms with van der Waals surface area (Å²) in [6, 6.07) is 15.4. The minimum atomic E-state index is 1.05. The first kappa shape index (κ1) is 11.1. The Bertz CT molecular complexity index is 428. The third-order valence-corrected chi connectivity index (χ3v) is 3.36. The van der Waals surface area contributed by atoms with Gasteiger partial charge in [-0.25, -0.2) is 0 Å². The zero-order chi connectivity index (χ0) is 12.2. The van der Waals surface area contributed by atoms with E-state index in [0.717, 1.165) is 26.2 Å². The number of rotatable bonds is 2. The first-order chi connectivity index (χ1) is 8.93. The molecular formula is C15H16N3. The molecule has 3 heteroatoms. The summed E-state index contributed by atoms with van der Waals surface area (Å²) in [6.07, 6.45) is 3.76. The van der Waals surface area contributed by atoms with Crippen molar-refractivity contribution in [2.45, 2.75) is 0 Å². The van der Waals surface area contributed by atoms with Crippen molar-refractivity contribution in [3.05, 3.63) is 54.9 Å². The monoisotopic (exact) mass is 238 g/mol. The molecule has 0 atom stereocenters. The zero-order valence-electron chi connectivity index (χ0n) is 10.3. The van der Waals surface area contributed by atoms with Crippen LogP contribution in [0.25, 0.3) is 0 Å². The van der Waals surface area contributed by atoms with E-state index >= 15 is 0 Å². The molecule has 2 aromatic rings. The van der Waals surface area contributed by atoms with Gasteiger partial charge in [-0.05, 0) is 30.3 Å². The number of nitrogens with zero attached hydrogens (tertiary/aromatic N) is 3. The van der Waals surface area contributed by atoms with Crippen molar-refractivity contribution in [1.82, 2.24) is 4.98 Å². The highest BCUT2D eigenvalue weighted by Crippen LogP contribution is 2.19. The molecule has 1 saturated heterocycles. The lowest BCUT2D eigenvalue weighted by atomic mass is 10.2. The second kappa shape index (κ2) is 5.08. The third kappa shape index (κ3) is 2.30. The summed E-state index contributed by atoms with van der Waals surface area (Å²) in [6.45, 7) is 4.20. The average molecular weight is 238 g/mol. The Hall–Kier alpha value is -2.03.